The normalized spacial score (nSPS) is 14.0. The van der Waals surface area contributed by atoms with Crippen LogP contribution in [0.2, 0.25) is 5.02 Å². The summed E-state index contributed by atoms with van der Waals surface area (Å²) in [6.07, 6.45) is 1.85. The molecule has 1 atom stereocenters. The molecule has 1 unspecified atom stereocenters. The number of nitrogens with one attached hydrogen (secondary N) is 2. The van der Waals surface area contributed by atoms with Crippen molar-refractivity contribution in [3.8, 4) is 0 Å². The highest BCUT2D eigenvalue weighted by Crippen LogP contribution is 2.36. The van der Waals surface area contributed by atoms with Gasteiger partial charge in [-0.1, -0.05) is 54.1 Å². The maximum Gasteiger partial charge on any atom is 0.417 e. The first kappa shape index (κ1) is 30.8. The first-order chi connectivity index (χ1) is 20.0. The van der Waals surface area contributed by atoms with Gasteiger partial charge in [0.25, 0.3) is 5.91 Å². The average molecular weight is 599 g/mol. The van der Waals surface area contributed by atoms with Crippen molar-refractivity contribution in [2.45, 2.75) is 50.6 Å². The highest BCUT2D eigenvalue weighted by molar-refractivity contribution is 6.31. The molecular weight excluding hydrogens is 569 g/mol. The Bertz CT molecular complexity index is 1470. The molecule has 3 aromatic carbocycles. The molecule has 3 N–H and O–H groups in total. The van der Waals surface area contributed by atoms with Crippen LogP contribution in [-0.2, 0) is 22.2 Å². The molecule has 0 saturated heterocycles. The minimum atomic E-state index is -4.68. The Morgan fingerprint density at radius 3 is 2.29 bits per heavy atom. The smallest absolute Gasteiger partial charge is 0.417 e. The van der Waals surface area contributed by atoms with E-state index in [0.717, 1.165) is 48.9 Å². The second-order valence-electron chi connectivity index (χ2n) is 10.1. The second-order valence-corrected chi connectivity index (χ2v) is 10.5. The number of hydrogen-bond acceptors (Lipinski definition) is 3. The van der Waals surface area contributed by atoms with Gasteiger partial charge in [-0.15, -0.1) is 0 Å². The number of hydrogen-bond donors (Lipinski definition) is 3. The largest absolute Gasteiger partial charge is 0.481 e. The zero-order valence-electron chi connectivity index (χ0n) is 22.6. The predicted molar refractivity (Wildman–Crippen MR) is 155 cm³/mol. The van der Waals surface area contributed by atoms with Crippen molar-refractivity contribution in [2.24, 2.45) is 0 Å². The number of carboxylic acids is 1. The molecule has 0 saturated carbocycles. The Kier molecular flexibility index (Phi) is 10.1. The van der Waals surface area contributed by atoms with Crippen LogP contribution in [0.1, 0.15) is 70.6 Å². The maximum atomic E-state index is 13.5. The fourth-order valence-corrected chi connectivity index (χ4v) is 5.08. The number of carbonyl (C=O) groups excluding carboxylic acids is 2. The van der Waals surface area contributed by atoms with E-state index in [1.807, 2.05) is 24.3 Å². The Morgan fingerprint density at radius 2 is 1.67 bits per heavy atom. The van der Waals surface area contributed by atoms with Crippen LogP contribution in [0.5, 0.6) is 0 Å². The van der Waals surface area contributed by atoms with Gasteiger partial charge in [-0.2, -0.15) is 13.2 Å². The van der Waals surface area contributed by atoms with Crippen LogP contribution < -0.4 is 10.6 Å². The number of carbonyl (C=O) groups is 3. The van der Waals surface area contributed by atoms with Crippen LogP contribution in [0.15, 0.2) is 72.8 Å². The predicted octanol–water partition coefficient (Wildman–Crippen LogP) is 7.49. The first-order valence-corrected chi connectivity index (χ1v) is 13.9. The summed E-state index contributed by atoms with van der Waals surface area (Å²) in [4.78, 5) is 36.5. The number of carboxylic acid groups (broad SMARTS) is 1. The van der Waals surface area contributed by atoms with E-state index < -0.39 is 40.5 Å². The van der Waals surface area contributed by atoms with Gasteiger partial charge in [0.1, 0.15) is 0 Å². The Morgan fingerprint density at radius 1 is 0.952 bits per heavy atom. The molecule has 1 aliphatic carbocycles. The summed E-state index contributed by atoms with van der Waals surface area (Å²) in [6.45, 7) is -0.00812. The van der Waals surface area contributed by atoms with Gasteiger partial charge in [-0.05, 0) is 84.7 Å². The minimum Gasteiger partial charge on any atom is -0.481 e. The lowest BCUT2D eigenvalue weighted by Crippen LogP contribution is -2.26. The van der Waals surface area contributed by atoms with Gasteiger partial charge in [0.2, 0.25) is 5.91 Å². The number of amides is 2. The lowest BCUT2D eigenvalue weighted by molar-refractivity contribution is -0.138. The molecule has 220 valence electrons. The quantitative estimate of drug-likeness (QED) is 0.225. The number of aliphatic carboxylic acids is 1. The molecule has 0 spiro atoms. The van der Waals surface area contributed by atoms with Gasteiger partial charge in [0.05, 0.1) is 22.9 Å². The Labute approximate surface area is 246 Å². The molecule has 10 heteroatoms. The van der Waals surface area contributed by atoms with Crippen LogP contribution in [0.4, 0.5) is 18.9 Å². The van der Waals surface area contributed by atoms with Crippen molar-refractivity contribution < 1.29 is 32.7 Å². The SMILES string of the molecule is O=C(O)CCNC(=O)c1ccc(CC(C(=O)Nc2ccc(Cl)c(C(F)(F)F)c2)c2ccc(C3=CCCCC3)cc2)cc1. The van der Waals surface area contributed by atoms with Crippen LogP contribution in [0.25, 0.3) is 5.57 Å². The molecule has 3 aromatic rings. The molecular formula is C32H30ClF3N2O4. The molecule has 6 nitrogen and oxygen atoms in total. The number of halogens is 4. The standard InChI is InChI=1S/C32H30ClF3N2O4/c33-28-15-14-25(19-27(28)32(34,35)36)38-31(42)26(23-12-10-22(11-13-23)21-4-2-1-3-5-21)18-20-6-8-24(9-7-20)30(41)37-17-16-29(39)40/h4,6-15,19,26H,1-3,5,16-18H2,(H,37,41)(H,38,42)(H,39,40). The fourth-order valence-electron chi connectivity index (χ4n) is 4.85. The van der Waals surface area contributed by atoms with Gasteiger partial charge in [0.15, 0.2) is 0 Å². The summed E-state index contributed by atoms with van der Waals surface area (Å²) >= 11 is 5.75. The summed E-state index contributed by atoms with van der Waals surface area (Å²) < 4.78 is 40.2. The first-order valence-electron chi connectivity index (χ1n) is 13.6. The van der Waals surface area contributed by atoms with Crippen LogP contribution >= 0.6 is 11.6 Å². The number of alkyl halides is 3. The van der Waals surface area contributed by atoms with Crippen LogP contribution in [0, 0.1) is 0 Å². The number of allylic oxidation sites excluding steroid dienone is 2. The zero-order valence-corrected chi connectivity index (χ0v) is 23.4. The van der Waals surface area contributed by atoms with Gasteiger partial charge in [-0.3, -0.25) is 14.4 Å². The molecule has 0 bridgehead atoms. The monoisotopic (exact) mass is 598 g/mol. The summed E-state index contributed by atoms with van der Waals surface area (Å²) in [7, 11) is 0. The molecule has 0 aliphatic heterocycles. The van der Waals surface area contributed by atoms with E-state index in [9.17, 15) is 27.6 Å². The topological polar surface area (TPSA) is 95.5 Å². The van der Waals surface area contributed by atoms with Gasteiger partial charge in [0, 0.05) is 17.8 Å². The minimum absolute atomic E-state index is 0.00812. The summed E-state index contributed by atoms with van der Waals surface area (Å²) in [6, 6.07) is 17.4. The highest BCUT2D eigenvalue weighted by atomic mass is 35.5. The van der Waals surface area contributed by atoms with E-state index in [1.165, 1.54) is 11.6 Å². The second kappa shape index (κ2) is 13.7. The van der Waals surface area contributed by atoms with Crippen molar-refractivity contribution in [1.82, 2.24) is 5.32 Å². The number of rotatable bonds is 10. The highest BCUT2D eigenvalue weighted by Gasteiger charge is 2.33. The van der Waals surface area contributed by atoms with E-state index in [-0.39, 0.29) is 25.1 Å². The molecule has 4 rings (SSSR count). The van der Waals surface area contributed by atoms with E-state index in [1.54, 1.807) is 24.3 Å². The van der Waals surface area contributed by atoms with Crippen LogP contribution in [0.3, 0.4) is 0 Å². The van der Waals surface area contributed by atoms with Crippen molar-refractivity contribution >= 4 is 40.6 Å². The zero-order chi connectivity index (χ0) is 30.3. The summed E-state index contributed by atoms with van der Waals surface area (Å²) in [5, 5.41) is 13.4. The molecule has 42 heavy (non-hydrogen) atoms. The van der Waals surface area contributed by atoms with Crippen molar-refractivity contribution in [1.29, 1.82) is 0 Å². The molecule has 0 heterocycles. The number of benzene rings is 3. The third kappa shape index (κ3) is 8.22. The van der Waals surface area contributed by atoms with E-state index in [0.29, 0.717) is 11.1 Å². The van der Waals surface area contributed by atoms with Crippen molar-refractivity contribution in [2.75, 3.05) is 11.9 Å². The van der Waals surface area contributed by atoms with Crippen molar-refractivity contribution in [3.63, 3.8) is 0 Å². The van der Waals surface area contributed by atoms with E-state index in [4.69, 9.17) is 16.7 Å². The van der Waals surface area contributed by atoms with Crippen molar-refractivity contribution in [3.05, 3.63) is 106 Å². The lowest BCUT2D eigenvalue weighted by Gasteiger charge is -2.20. The van der Waals surface area contributed by atoms with Crippen LogP contribution in [-0.4, -0.2) is 29.4 Å². The fraction of sp³-hybridized carbons (Fsp3) is 0.281. The third-order valence-corrected chi connectivity index (χ3v) is 7.44. The molecule has 1 aliphatic rings. The van der Waals surface area contributed by atoms with Gasteiger partial charge in [-0.25, -0.2) is 0 Å². The summed E-state index contributed by atoms with van der Waals surface area (Å²) in [5.74, 6) is -2.69. The van der Waals surface area contributed by atoms with E-state index >= 15 is 0 Å². The molecule has 0 fully saturated rings. The lowest BCUT2D eigenvalue weighted by atomic mass is 9.88. The maximum absolute atomic E-state index is 13.5. The van der Waals surface area contributed by atoms with E-state index in [2.05, 4.69) is 16.7 Å². The van der Waals surface area contributed by atoms with Gasteiger partial charge < -0.3 is 15.7 Å². The molecule has 2 amide bonds. The summed E-state index contributed by atoms with van der Waals surface area (Å²) in [5.41, 5.74) is 3.00. The molecule has 0 radical (unpaired) electrons. The Balaban J connectivity index is 1.57. The Hall–Kier alpha value is -4.11. The van der Waals surface area contributed by atoms with Gasteiger partial charge >= 0.3 is 12.1 Å². The molecule has 0 aromatic heterocycles. The number of anilines is 1. The third-order valence-electron chi connectivity index (χ3n) is 7.11. The average Bonchev–Trinajstić information content (AvgIpc) is 2.97.